The number of hydrogen-bond donors (Lipinski definition) is 1. The molecule has 19 heavy (non-hydrogen) atoms. The lowest BCUT2D eigenvalue weighted by atomic mass is 10.1. The van der Waals surface area contributed by atoms with Crippen molar-refractivity contribution >= 4 is 22.2 Å². The van der Waals surface area contributed by atoms with Crippen LogP contribution in [0.1, 0.15) is 22.8 Å². The van der Waals surface area contributed by atoms with Gasteiger partial charge in [0.15, 0.2) is 0 Å². The highest BCUT2D eigenvalue weighted by Crippen LogP contribution is 2.20. The van der Waals surface area contributed by atoms with E-state index < -0.39 is 16.1 Å². The Morgan fingerprint density at radius 2 is 2.11 bits per heavy atom. The molecule has 0 fully saturated rings. The van der Waals surface area contributed by atoms with E-state index in [1.165, 1.54) is 31.4 Å². The number of benzene rings is 1. The van der Waals surface area contributed by atoms with E-state index >= 15 is 0 Å². The Balaban J connectivity index is 3.04. The molecule has 0 atom stereocenters. The van der Waals surface area contributed by atoms with Crippen LogP contribution in [0.3, 0.4) is 0 Å². The van der Waals surface area contributed by atoms with Crippen molar-refractivity contribution in [3.63, 3.8) is 0 Å². The highest BCUT2D eigenvalue weighted by atomic mass is 32.2. The number of carbonyl (C=O) groups excluding carboxylic acids is 1. The van der Waals surface area contributed by atoms with Crippen molar-refractivity contribution in [2.75, 3.05) is 13.7 Å². The van der Waals surface area contributed by atoms with Gasteiger partial charge in [-0.1, -0.05) is 6.07 Å². The quantitative estimate of drug-likeness (QED) is 0.652. The number of rotatable bonds is 5. The second kappa shape index (κ2) is 6.35. The standard InChI is InChI=1S/C12H14O6S/c1-3-18-19(15,16)7-6-9-4-5-11(13)10(8-9)12(14)17-2/h4-8,13H,3H2,1-2H3/b7-6+. The molecule has 0 unspecified atom stereocenters. The second-order valence-corrected chi connectivity index (χ2v) is 4.96. The lowest BCUT2D eigenvalue weighted by molar-refractivity contribution is 0.0597. The molecule has 1 N–H and O–H groups in total. The van der Waals surface area contributed by atoms with Crippen molar-refractivity contribution < 1.29 is 27.2 Å². The van der Waals surface area contributed by atoms with Crippen LogP contribution in [0.4, 0.5) is 0 Å². The Labute approximate surface area is 111 Å². The summed E-state index contributed by atoms with van der Waals surface area (Å²) in [6.07, 6.45) is 1.26. The molecular weight excluding hydrogens is 272 g/mol. The zero-order valence-corrected chi connectivity index (χ0v) is 11.3. The third kappa shape index (κ3) is 4.38. The van der Waals surface area contributed by atoms with Gasteiger partial charge in [-0.3, -0.25) is 4.18 Å². The summed E-state index contributed by atoms with van der Waals surface area (Å²) in [6.45, 7) is 1.59. The van der Waals surface area contributed by atoms with Gasteiger partial charge in [-0.05, 0) is 30.7 Å². The van der Waals surface area contributed by atoms with Crippen molar-refractivity contribution in [3.05, 3.63) is 34.7 Å². The molecule has 0 saturated carbocycles. The first kappa shape index (κ1) is 15.2. The van der Waals surface area contributed by atoms with Crippen LogP contribution < -0.4 is 0 Å². The minimum atomic E-state index is -3.74. The molecule has 6 nitrogen and oxygen atoms in total. The SMILES string of the molecule is CCOS(=O)(=O)/C=C/c1ccc(O)c(C(=O)OC)c1. The summed E-state index contributed by atoms with van der Waals surface area (Å²) in [5.74, 6) is -0.947. The van der Waals surface area contributed by atoms with E-state index in [1.54, 1.807) is 6.92 Å². The number of phenols is 1. The van der Waals surface area contributed by atoms with Crippen LogP contribution in [-0.2, 0) is 19.0 Å². The minimum Gasteiger partial charge on any atom is -0.507 e. The molecule has 0 aliphatic carbocycles. The number of hydrogen-bond acceptors (Lipinski definition) is 6. The second-order valence-electron chi connectivity index (χ2n) is 3.47. The highest BCUT2D eigenvalue weighted by molar-refractivity contribution is 7.89. The average molecular weight is 286 g/mol. The minimum absolute atomic E-state index is 0.0374. The first-order valence-electron chi connectivity index (χ1n) is 5.38. The predicted molar refractivity (Wildman–Crippen MR) is 69.0 cm³/mol. The van der Waals surface area contributed by atoms with E-state index in [0.717, 1.165) is 5.41 Å². The smallest absolute Gasteiger partial charge is 0.341 e. The van der Waals surface area contributed by atoms with Crippen molar-refractivity contribution in [2.45, 2.75) is 6.92 Å². The van der Waals surface area contributed by atoms with Crippen molar-refractivity contribution in [1.29, 1.82) is 0 Å². The van der Waals surface area contributed by atoms with Gasteiger partial charge in [-0.25, -0.2) is 4.79 Å². The summed E-state index contributed by atoms with van der Waals surface area (Å²) >= 11 is 0. The van der Waals surface area contributed by atoms with Crippen LogP contribution in [0.25, 0.3) is 6.08 Å². The lowest BCUT2D eigenvalue weighted by Gasteiger charge is -2.03. The normalized spacial score (nSPS) is 11.7. The fourth-order valence-electron chi connectivity index (χ4n) is 1.30. The van der Waals surface area contributed by atoms with Gasteiger partial charge in [-0.15, -0.1) is 0 Å². The maximum atomic E-state index is 11.3. The van der Waals surface area contributed by atoms with Crippen LogP contribution in [0.2, 0.25) is 0 Å². The number of phenolic OH excluding ortho intramolecular Hbond substituents is 1. The van der Waals surface area contributed by atoms with Gasteiger partial charge >= 0.3 is 5.97 Å². The fraction of sp³-hybridized carbons (Fsp3) is 0.250. The van der Waals surface area contributed by atoms with Crippen molar-refractivity contribution in [1.82, 2.24) is 0 Å². The van der Waals surface area contributed by atoms with Crippen LogP contribution in [0.5, 0.6) is 5.75 Å². The topological polar surface area (TPSA) is 89.9 Å². The molecule has 0 aliphatic rings. The Morgan fingerprint density at radius 3 is 2.68 bits per heavy atom. The molecule has 1 aromatic carbocycles. The number of carbonyl (C=O) groups is 1. The molecule has 1 rings (SSSR count). The van der Waals surface area contributed by atoms with Gasteiger partial charge in [0, 0.05) is 0 Å². The van der Waals surface area contributed by atoms with E-state index in [-0.39, 0.29) is 17.9 Å². The van der Waals surface area contributed by atoms with Crippen LogP contribution >= 0.6 is 0 Å². The van der Waals surface area contributed by atoms with Gasteiger partial charge in [-0.2, -0.15) is 8.42 Å². The molecule has 0 saturated heterocycles. The fourth-order valence-corrected chi connectivity index (χ4v) is 2.03. The molecule has 0 amide bonds. The van der Waals surface area contributed by atoms with Crippen LogP contribution in [0, 0.1) is 0 Å². The monoisotopic (exact) mass is 286 g/mol. The number of ether oxygens (including phenoxy) is 1. The largest absolute Gasteiger partial charge is 0.507 e. The number of esters is 1. The summed E-state index contributed by atoms with van der Waals surface area (Å²) in [5, 5.41) is 10.4. The summed E-state index contributed by atoms with van der Waals surface area (Å²) in [7, 11) is -2.55. The Hall–Kier alpha value is -1.86. The third-order valence-corrected chi connectivity index (χ3v) is 3.17. The molecule has 1 aromatic rings. The number of methoxy groups -OCH3 is 1. The molecule has 7 heteroatoms. The molecule has 0 radical (unpaired) electrons. The van der Waals surface area contributed by atoms with Crippen molar-refractivity contribution in [3.8, 4) is 5.75 Å². The summed E-state index contributed by atoms with van der Waals surface area (Å²) in [5.41, 5.74) is 0.375. The van der Waals surface area contributed by atoms with E-state index in [2.05, 4.69) is 8.92 Å². The van der Waals surface area contributed by atoms with Gasteiger partial charge in [0.25, 0.3) is 10.1 Å². The summed E-state index contributed by atoms with van der Waals surface area (Å²) < 4.78 is 31.6. The first-order valence-corrected chi connectivity index (χ1v) is 6.85. The van der Waals surface area contributed by atoms with Crippen LogP contribution in [0.15, 0.2) is 23.6 Å². The van der Waals surface area contributed by atoms with E-state index in [4.69, 9.17) is 0 Å². The summed E-state index contributed by atoms with van der Waals surface area (Å²) in [6, 6.07) is 4.05. The zero-order valence-electron chi connectivity index (χ0n) is 10.5. The highest BCUT2D eigenvalue weighted by Gasteiger charge is 2.11. The van der Waals surface area contributed by atoms with Gasteiger partial charge in [0.1, 0.15) is 11.3 Å². The van der Waals surface area contributed by atoms with Crippen molar-refractivity contribution in [2.24, 2.45) is 0 Å². The lowest BCUT2D eigenvalue weighted by Crippen LogP contribution is -2.02. The van der Waals surface area contributed by atoms with Gasteiger partial charge < -0.3 is 9.84 Å². The zero-order chi connectivity index (χ0) is 14.5. The molecule has 0 bridgehead atoms. The van der Waals surface area contributed by atoms with Gasteiger partial charge in [0.05, 0.1) is 19.1 Å². The number of aromatic hydroxyl groups is 1. The summed E-state index contributed by atoms with van der Waals surface area (Å²) in [4.78, 5) is 11.3. The molecular formula is C12H14O6S. The van der Waals surface area contributed by atoms with Gasteiger partial charge in [0.2, 0.25) is 0 Å². The maximum absolute atomic E-state index is 11.3. The van der Waals surface area contributed by atoms with E-state index in [0.29, 0.717) is 5.56 Å². The molecule has 104 valence electrons. The predicted octanol–water partition coefficient (Wildman–Crippen LogP) is 1.52. The Bertz CT molecular complexity index is 588. The maximum Gasteiger partial charge on any atom is 0.341 e. The first-order chi connectivity index (χ1) is 8.89. The molecule has 0 aliphatic heterocycles. The van der Waals surface area contributed by atoms with E-state index in [1.807, 2.05) is 0 Å². The Morgan fingerprint density at radius 1 is 1.42 bits per heavy atom. The average Bonchev–Trinajstić information content (AvgIpc) is 2.37. The molecule has 0 heterocycles. The molecule has 0 spiro atoms. The van der Waals surface area contributed by atoms with E-state index in [9.17, 15) is 18.3 Å². The molecule has 0 aromatic heterocycles. The van der Waals surface area contributed by atoms with Crippen LogP contribution in [-0.4, -0.2) is 33.2 Å². The third-order valence-electron chi connectivity index (χ3n) is 2.14. The Kier molecular flexibility index (Phi) is 5.08.